The molecule has 14 heavy (non-hydrogen) atoms. The molecule has 1 N–H and O–H groups in total. The monoisotopic (exact) mass is 191 g/mol. The first-order chi connectivity index (χ1) is 6.65. The van der Waals surface area contributed by atoms with Gasteiger partial charge in [0.25, 0.3) is 5.69 Å². The van der Waals surface area contributed by atoms with Crippen molar-refractivity contribution < 1.29 is 10.0 Å². The van der Waals surface area contributed by atoms with Gasteiger partial charge in [-0.05, 0) is 23.8 Å². The van der Waals surface area contributed by atoms with E-state index in [1.807, 2.05) is 0 Å². The number of aliphatic hydroxyl groups is 1. The molecule has 0 heterocycles. The van der Waals surface area contributed by atoms with E-state index in [2.05, 4.69) is 12.3 Å². The van der Waals surface area contributed by atoms with E-state index in [0.29, 0.717) is 5.56 Å². The zero-order chi connectivity index (χ0) is 10.6. The average Bonchev–Trinajstić information content (AvgIpc) is 2.18. The van der Waals surface area contributed by atoms with Crippen LogP contribution in [0.3, 0.4) is 0 Å². The fourth-order valence-electron chi connectivity index (χ4n) is 1.00. The van der Waals surface area contributed by atoms with Crippen LogP contribution in [-0.4, -0.2) is 10.0 Å². The molecule has 0 bridgehead atoms. The fourth-order valence-corrected chi connectivity index (χ4v) is 1.00. The maximum absolute atomic E-state index is 10.3. The van der Waals surface area contributed by atoms with Crippen LogP contribution < -0.4 is 0 Å². The molecule has 0 saturated heterocycles. The molecule has 4 heteroatoms. The van der Waals surface area contributed by atoms with E-state index in [4.69, 9.17) is 0 Å². The Hall–Kier alpha value is -1.90. The zero-order valence-corrected chi connectivity index (χ0v) is 7.38. The second-order valence-corrected chi connectivity index (χ2v) is 2.66. The number of non-ortho nitro benzene ring substituents is 1. The van der Waals surface area contributed by atoms with E-state index in [1.165, 1.54) is 30.3 Å². The smallest absolute Gasteiger partial charge is 0.269 e. The lowest BCUT2D eigenvalue weighted by Gasteiger charge is -2.03. The molecule has 4 nitrogen and oxygen atoms in total. The van der Waals surface area contributed by atoms with Crippen molar-refractivity contribution >= 4 is 5.69 Å². The van der Waals surface area contributed by atoms with E-state index in [9.17, 15) is 15.2 Å². The Balaban J connectivity index is 2.93. The van der Waals surface area contributed by atoms with Crippen LogP contribution in [0, 0.1) is 10.1 Å². The Kier molecular flexibility index (Phi) is 3.18. The third-order valence-corrected chi connectivity index (χ3v) is 1.72. The second kappa shape index (κ2) is 4.37. The van der Waals surface area contributed by atoms with Crippen molar-refractivity contribution in [1.82, 2.24) is 0 Å². The maximum Gasteiger partial charge on any atom is 0.269 e. The molecule has 1 aromatic rings. The summed E-state index contributed by atoms with van der Waals surface area (Å²) >= 11 is 0. The van der Waals surface area contributed by atoms with Gasteiger partial charge >= 0.3 is 0 Å². The van der Waals surface area contributed by atoms with Gasteiger partial charge in [-0.3, -0.25) is 10.1 Å². The van der Waals surface area contributed by atoms with E-state index in [1.54, 1.807) is 0 Å². The van der Waals surface area contributed by atoms with Gasteiger partial charge in [0, 0.05) is 12.1 Å². The van der Waals surface area contributed by atoms with Crippen LogP contribution in [0.1, 0.15) is 11.7 Å². The minimum atomic E-state index is -0.812. The molecular weight excluding hydrogens is 182 g/mol. The molecule has 1 rings (SSSR count). The van der Waals surface area contributed by atoms with Crippen molar-refractivity contribution in [1.29, 1.82) is 0 Å². The minimum absolute atomic E-state index is 0.00327. The summed E-state index contributed by atoms with van der Waals surface area (Å²) < 4.78 is 0. The third-order valence-electron chi connectivity index (χ3n) is 1.72. The summed E-state index contributed by atoms with van der Waals surface area (Å²) in [7, 11) is 0. The SMILES string of the molecule is C=C=CC(O)c1ccc([N+](=O)[O-])cc1. The van der Waals surface area contributed by atoms with E-state index in [-0.39, 0.29) is 5.69 Å². The Morgan fingerprint density at radius 3 is 2.50 bits per heavy atom. The van der Waals surface area contributed by atoms with Gasteiger partial charge in [0.05, 0.1) is 4.92 Å². The van der Waals surface area contributed by atoms with Crippen LogP contribution in [0.5, 0.6) is 0 Å². The number of benzene rings is 1. The highest BCUT2D eigenvalue weighted by atomic mass is 16.6. The molecule has 0 fully saturated rings. The van der Waals surface area contributed by atoms with Gasteiger partial charge in [-0.1, -0.05) is 6.58 Å². The molecule has 0 radical (unpaired) electrons. The lowest BCUT2D eigenvalue weighted by atomic mass is 10.1. The molecule has 0 spiro atoms. The average molecular weight is 191 g/mol. The molecule has 0 amide bonds. The molecule has 0 aliphatic carbocycles. The number of rotatable bonds is 3. The summed E-state index contributed by atoms with van der Waals surface area (Å²) in [5.41, 5.74) is 3.02. The largest absolute Gasteiger partial charge is 0.384 e. The first-order valence-electron chi connectivity index (χ1n) is 3.93. The lowest BCUT2D eigenvalue weighted by Crippen LogP contribution is -1.93. The van der Waals surface area contributed by atoms with Crippen LogP contribution in [-0.2, 0) is 0 Å². The van der Waals surface area contributed by atoms with Crippen LogP contribution in [0.15, 0.2) is 42.7 Å². The predicted octanol–water partition coefficient (Wildman–Crippen LogP) is 1.97. The standard InChI is InChI=1S/C10H9NO3/c1-2-3-10(12)8-4-6-9(7-5-8)11(13)14/h3-7,10,12H,1H2. The van der Waals surface area contributed by atoms with Gasteiger partial charge in [0.1, 0.15) is 6.10 Å². The van der Waals surface area contributed by atoms with Crippen LogP contribution in [0.4, 0.5) is 5.69 Å². The Morgan fingerprint density at radius 1 is 1.50 bits per heavy atom. The van der Waals surface area contributed by atoms with Gasteiger partial charge in [-0.2, -0.15) is 0 Å². The Bertz CT molecular complexity index is 377. The highest BCUT2D eigenvalue weighted by Crippen LogP contribution is 2.17. The topological polar surface area (TPSA) is 63.4 Å². The molecule has 1 atom stereocenters. The maximum atomic E-state index is 10.3. The molecule has 0 aliphatic rings. The first kappa shape index (κ1) is 10.2. The zero-order valence-electron chi connectivity index (χ0n) is 7.38. The number of nitro groups is 1. The van der Waals surface area contributed by atoms with Crippen molar-refractivity contribution in [3.63, 3.8) is 0 Å². The van der Waals surface area contributed by atoms with Gasteiger partial charge in [0.15, 0.2) is 0 Å². The molecular formula is C10H9NO3. The summed E-state index contributed by atoms with van der Waals surface area (Å²) in [4.78, 5) is 9.83. The minimum Gasteiger partial charge on any atom is -0.384 e. The van der Waals surface area contributed by atoms with Gasteiger partial charge < -0.3 is 5.11 Å². The molecule has 0 aliphatic heterocycles. The summed E-state index contributed by atoms with van der Waals surface area (Å²) in [6, 6.07) is 5.68. The summed E-state index contributed by atoms with van der Waals surface area (Å²) in [6.45, 7) is 3.32. The van der Waals surface area contributed by atoms with Crippen molar-refractivity contribution in [3.8, 4) is 0 Å². The van der Waals surface area contributed by atoms with E-state index < -0.39 is 11.0 Å². The molecule has 0 aromatic heterocycles. The lowest BCUT2D eigenvalue weighted by molar-refractivity contribution is -0.384. The quantitative estimate of drug-likeness (QED) is 0.451. The predicted molar refractivity (Wildman–Crippen MR) is 51.8 cm³/mol. The fraction of sp³-hybridized carbons (Fsp3) is 0.100. The molecule has 0 saturated carbocycles. The van der Waals surface area contributed by atoms with Crippen LogP contribution in [0.25, 0.3) is 0 Å². The molecule has 72 valence electrons. The Labute approximate surface area is 81.0 Å². The van der Waals surface area contributed by atoms with Gasteiger partial charge in [0.2, 0.25) is 0 Å². The normalized spacial score (nSPS) is 11.5. The molecule has 1 aromatic carbocycles. The summed E-state index contributed by atoms with van der Waals surface area (Å²) in [5, 5.41) is 19.7. The highest BCUT2D eigenvalue weighted by molar-refractivity contribution is 5.34. The third kappa shape index (κ3) is 2.29. The number of hydrogen-bond donors (Lipinski definition) is 1. The second-order valence-electron chi connectivity index (χ2n) is 2.66. The van der Waals surface area contributed by atoms with E-state index in [0.717, 1.165) is 0 Å². The van der Waals surface area contributed by atoms with Gasteiger partial charge in [-0.25, -0.2) is 0 Å². The van der Waals surface area contributed by atoms with Crippen molar-refractivity contribution in [2.75, 3.05) is 0 Å². The van der Waals surface area contributed by atoms with Crippen molar-refractivity contribution in [2.24, 2.45) is 0 Å². The van der Waals surface area contributed by atoms with Crippen molar-refractivity contribution in [2.45, 2.75) is 6.10 Å². The summed E-state index contributed by atoms with van der Waals surface area (Å²) in [5.74, 6) is 0. The van der Waals surface area contributed by atoms with Crippen LogP contribution in [0.2, 0.25) is 0 Å². The van der Waals surface area contributed by atoms with Crippen LogP contribution >= 0.6 is 0 Å². The highest BCUT2D eigenvalue weighted by Gasteiger charge is 2.07. The first-order valence-corrected chi connectivity index (χ1v) is 3.93. The van der Waals surface area contributed by atoms with Crippen molar-refractivity contribution in [3.05, 3.63) is 58.3 Å². The Morgan fingerprint density at radius 2 is 2.07 bits per heavy atom. The van der Waals surface area contributed by atoms with E-state index >= 15 is 0 Å². The number of aliphatic hydroxyl groups excluding tert-OH is 1. The number of nitrogens with zero attached hydrogens (tertiary/aromatic N) is 1. The van der Waals surface area contributed by atoms with Gasteiger partial charge in [-0.15, -0.1) is 5.73 Å². The summed E-state index contributed by atoms with van der Waals surface area (Å²) in [6.07, 6.45) is 0.564. The number of nitro benzene ring substituents is 1. The number of hydrogen-bond acceptors (Lipinski definition) is 3. The molecule has 1 unspecified atom stereocenters.